The summed E-state index contributed by atoms with van der Waals surface area (Å²) in [5.74, 6) is -0.339. The molecule has 16 heavy (non-hydrogen) atoms. The van der Waals surface area contributed by atoms with Crippen molar-refractivity contribution >= 4 is 32.8 Å². The van der Waals surface area contributed by atoms with Crippen molar-refractivity contribution in [1.29, 1.82) is 0 Å². The van der Waals surface area contributed by atoms with E-state index in [1.807, 2.05) is 19.1 Å². The Morgan fingerprint density at radius 2 is 2.12 bits per heavy atom. The van der Waals surface area contributed by atoms with E-state index in [1.54, 1.807) is 12.1 Å². The average molecular weight is 280 g/mol. The average Bonchev–Trinajstić information content (AvgIpc) is 2.27. The summed E-state index contributed by atoms with van der Waals surface area (Å²) in [5, 5.41) is 0.911. The standard InChI is InChI=1S/C12H10BrNO2/c1-7-5-10(13)9-6-8(12(15)16-2)3-4-11(9)14-7/h3-6H,1-2H3. The number of nitrogens with zero attached hydrogens (tertiary/aromatic N) is 1. The quantitative estimate of drug-likeness (QED) is 0.753. The maximum Gasteiger partial charge on any atom is 0.337 e. The summed E-state index contributed by atoms with van der Waals surface area (Å²) < 4.78 is 5.61. The Balaban J connectivity index is 2.66. The number of esters is 1. The van der Waals surface area contributed by atoms with Crippen molar-refractivity contribution in [2.75, 3.05) is 7.11 Å². The Bertz CT molecular complexity index is 566. The first-order valence-electron chi connectivity index (χ1n) is 4.77. The second-order valence-corrected chi connectivity index (χ2v) is 4.32. The van der Waals surface area contributed by atoms with Gasteiger partial charge < -0.3 is 4.74 Å². The summed E-state index contributed by atoms with van der Waals surface area (Å²) in [4.78, 5) is 15.8. The zero-order valence-corrected chi connectivity index (χ0v) is 10.5. The van der Waals surface area contributed by atoms with Crippen molar-refractivity contribution in [2.45, 2.75) is 6.92 Å². The predicted molar refractivity (Wildman–Crippen MR) is 65.5 cm³/mol. The van der Waals surface area contributed by atoms with E-state index in [0.29, 0.717) is 5.56 Å². The lowest BCUT2D eigenvalue weighted by molar-refractivity contribution is 0.0601. The molecule has 0 aliphatic carbocycles. The summed E-state index contributed by atoms with van der Waals surface area (Å²) in [7, 11) is 1.37. The van der Waals surface area contributed by atoms with E-state index in [0.717, 1.165) is 21.1 Å². The fourth-order valence-corrected chi connectivity index (χ4v) is 2.20. The second kappa shape index (κ2) is 4.22. The molecule has 0 N–H and O–H groups in total. The predicted octanol–water partition coefficient (Wildman–Crippen LogP) is 3.09. The van der Waals surface area contributed by atoms with E-state index in [1.165, 1.54) is 7.11 Å². The van der Waals surface area contributed by atoms with Gasteiger partial charge in [-0.15, -0.1) is 0 Å². The third kappa shape index (κ3) is 1.93. The third-order valence-electron chi connectivity index (χ3n) is 2.31. The van der Waals surface area contributed by atoms with Crippen molar-refractivity contribution in [3.05, 3.63) is 40.0 Å². The summed E-state index contributed by atoms with van der Waals surface area (Å²) in [6, 6.07) is 7.23. The summed E-state index contributed by atoms with van der Waals surface area (Å²) in [6.45, 7) is 1.93. The number of aryl methyl sites for hydroxylation is 1. The molecule has 1 aromatic heterocycles. The van der Waals surface area contributed by atoms with Crippen LogP contribution in [0.3, 0.4) is 0 Å². The molecule has 2 rings (SSSR count). The maximum atomic E-state index is 11.4. The maximum absolute atomic E-state index is 11.4. The molecule has 1 heterocycles. The van der Waals surface area contributed by atoms with Gasteiger partial charge in [0.1, 0.15) is 0 Å². The fraction of sp³-hybridized carbons (Fsp3) is 0.167. The minimum absolute atomic E-state index is 0.339. The molecule has 0 saturated heterocycles. The number of fused-ring (bicyclic) bond motifs is 1. The van der Waals surface area contributed by atoms with Crippen LogP contribution in [0.25, 0.3) is 10.9 Å². The lowest BCUT2D eigenvalue weighted by atomic mass is 10.1. The first-order chi connectivity index (χ1) is 7.61. The molecule has 82 valence electrons. The summed E-state index contributed by atoms with van der Waals surface area (Å²) >= 11 is 3.46. The number of halogens is 1. The zero-order valence-electron chi connectivity index (χ0n) is 8.95. The molecule has 0 spiro atoms. The van der Waals surface area contributed by atoms with Crippen LogP contribution < -0.4 is 0 Å². The van der Waals surface area contributed by atoms with E-state index < -0.39 is 0 Å². The number of benzene rings is 1. The number of aromatic nitrogens is 1. The molecule has 3 nitrogen and oxygen atoms in total. The Morgan fingerprint density at radius 1 is 1.38 bits per heavy atom. The zero-order chi connectivity index (χ0) is 11.7. The van der Waals surface area contributed by atoms with Gasteiger partial charge in [-0.25, -0.2) is 4.79 Å². The van der Waals surface area contributed by atoms with Crippen LogP contribution in [-0.2, 0) is 4.74 Å². The molecule has 0 atom stereocenters. The normalized spacial score (nSPS) is 10.4. The SMILES string of the molecule is COC(=O)c1ccc2nc(C)cc(Br)c2c1. The van der Waals surface area contributed by atoms with E-state index >= 15 is 0 Å². The third-order valence-corrected chi connectivity index (χ3v) is 2.96. The highest BCUT2D eigenvalue weighted by Crippen LogP contribution is 2.24. The monoisotopic (exact) mass is 279 g/mol. The second-order valence-electron chi connectivity index (χ2n) is 3.47. The molecule has 4 heteroatoms. The Hall–Kier alpha value is -1.42. The van der Waals surface area contributed by atoms with E-state index in [9.17, 15) is 4.79 Å². The van der Waals surface area contributed by atoms with Crippen LogP contribution in [0.2, 0.25) is 0 Å². The summed E-state index contributed by atoms with van der Waals surface area (Å²) in [5.41, 5.74) is 2.33. The highest BCUT2D eigenvalue weighted by Gasteiger charge is 2.08. The van der Waals surface area contributed by atoms with Crippen LogP contribution in [-0.4, -0.2) is 18.1 Å². The van der Waals surface area contributed by atoms with Gasteiger partial charge in [0.15, 0.2) is 0 Å². The molecule has 0 bridgehead atoms. The highest BCUT2D eigenvalue weighted by molar-refractivity contribution is 9.10. The van der Waals surface area contributed by atoms with Gasteiger partial charge in [0, 0.05) is 15.6 Å². The molecule has 0 radical (unpaired) electrons. The van der Waals surface area contributed by atoms with Gasteiger partial charge in [-0.1, -0.05) is 15.9 Å². The molecule has 0 aliphatic rings. The van der Waals surface area contributed by atoms with Gasteiger partial charge in [0.25, 0.3) is 0 Å². The minimum Gasteiger partial charge on any atom is -0.465 e. The number of hydrogen-bond donors (Lipinski definition) is 0. The van der Waals surface area contributed by atoms with Gasteiger partial charge in [0.2, 0.25) is 0 Å². The van der Waals surface area contributed by atoms with Crippen molar-refractivity contribution in [2.24, 2.45) is 0 Å². The number of pyridine rings is 1. The molecular formula is C12H10BrNO2. The fourth-order valence-electron chi connectivity index (χ4n) is 1.55. The van der Waals surface area contributed by atoms with E-state index in [4.69, 9.17) is 0 Å². The van der Waals surface area contributed by atoms with Crippen LogP contribution in [0.15, 0.2) is 28.7 Å². The topological polar surface area (TPSA) is 39.2 Å². The Kier molecular flexibility index (Phi) is 2.92. The van der Waals surface area contributed by atoms with Gasteiger partial charge in [-0.3, -0.25) is 4.98 Å². The number of hydrogen-bond acceptors (Lipinski definition) is 3. The van der Waals surface area contributed by atoms with Crippen molar-refractivity contribution in [3.63, 3.8) is 0 Å². The highest BCUT2D eigenvalue weighted by atomic mass is 79.9. The lowest BCUT2D eigenvalue weighted by Crippen LogP contribution is -2.01. The Labute approximate surface area is 102 Å². The van der Waals surface area contributed by atoms with Crippen molar-refractivity contribution in [1.82, 2.24) is 4.98 Å². The molecule has 0 amide bonds. The molecule has 1 aromatic carbocycles. The van der Waals surface area contributed by atoms with E-state index in [2.05, 4.69) is 25.7 Å². The molecule has 2 aromatic rings. The largest absolute Gasteiger partial charge is 0.465 e. The number of carbonyl (C=O) groups is 1. The molecular weight excluding hydrogens is 270 g/mol. The number of carbonyl (C=O) groups excluding carboxylic acids is 1. The van der Waals surface area contributed by atoms with Crippen molar-refractivity contribution < 1.29 is 9.53 Å². The van der Waals surface area contributed by atoms with Crippen LogP contribution in [0.5, 0.6) is 0 Å². The molecule has 0 fully saturated rings. The molecule has 0 unspecified atom stereocenters. The number of methoxy groups -OCH3 is 1. The molecule has 0 saturated carbocycles. The van der Waals surface area contributed by atoms with Crippen LogP contribution in [0.1, 0.15) is 16.1 Å². The summed E-state index contributed by atoms with van der Waals surface area (Å²) in [6.07, 6.45) is 0. The van der Waals surface area contributed by atoms with Gasteiger partial charge >= 0.3 is 5.97 Å². The molecule has 0 aliphatic heterocycles. The Morgan fingerprint density at radius 3 is 2.81 bits per heavy atom. The van der Waals surface area contributed by atoms with Crippen LogP contribution >= 0.6 is 15.9 Å². The number of rotatable bonds is 1. The number of ether oxygens (including phenoxy) is 1. The van der Waals surface area contributed by atoms with Crippen molar-refractivity contribution in [3.8, 4) is 0 Å². The van der Waals surface area contributed by atoms with Gasteiger partial charge in [-0.2, -0.15) is 0 Å². The minimum atomic E-state index is -0.339. The van der Waals surface area contributed by atoms with Gasteiger partial charge in [0.05, 0.1) is 18.2 Å². The van der Waals surface area contributed by atoms with Crippen LogP contribution in [0.4, 0.5) is 0 Å². The first kappa shape index (κ1) is 11.1. The first-order valence-corrected chi connectivity index (χ1v) is 5.56. The van der Waals surface area contributed by atoms with Gasteiger partial charge in [-0.05, 0) is 31.2 Å². The van der Waals surface area contributed by atoms with Crippen LogP contribution in [0, 0.1) is 6.92 Å². The van der Waals surface area contributed by atoms with E-state index in [-0.39, 0.29) is 5.97 Å². The smallest absolute Gasteiger partial charge is 0.337 e. The lowest BCUT2D eigenvalue weighted by Gasteiger charge is -2.04.